The Bertz CT molecular complexity index is 904. The predicted octanol–water partition coefficient (Wildman–Crippen LogP) is 3.79. The number of pyridine rings is 2. The van der Waals surface area contributed by atoms with Crippen LogP contribution in [0.1, 0.15) is 36.2 Å². The van der Waals surface area contributed by atoms with Crippen molar-refractivity contribution in [1.29, 1.82) is 0 Å². The smallest absolute Gasteiger partial charge is 0.220 e. The lowest BCUT2D eigenvalue weighted by molar-refractivity contribution is -0.195. The Hall–Kier alpha value is -2.82. The standard InChI is InChI=1S/C24H29N5O3S/c25-31-32-33-23-12-10-20(11-13-23)17-28-24(30)9-3-6-16-29(18-21-7-1-4-14-26-21)19-22-8-2-5-15-27-22/h1-2,4-5,7-8,10-15H,3,6,9,16-19,25H2,(H,28,30). The first kappa shape index (κ1) is 24.8. The van der Waals surface area contributed by atoms with Gasteiger partial charge in [-0.1, -0.05) is 24.3 Å². The van der Waals surface area contributed by atoms with E-state index < -0.39 is 0 Å². The van der Waals surface area contributed by atoms with Crippen LogP contribution in [0.15, 0.2) is 78.0 Å². The maximum absolute atomic E-state index is 12.3. The van der Waals surface area contributed by atoms with Crippen LogP contribution in [0.2, 0.25) is 0 Å². The number of carbonyl (C=O) groups is 1. The quantitative estimate of drug-likeness (QED) is 0.160. The Kier molecular flexibility index (Phi) is 10.8. The Morgan fingerprint density at radius 2 is 1.61 bits per heavy atom. The van der Waals surface area contributed by atoms with Gasteiger partial charge >= 0.3 is 0 Å². The molecule has 33 heavy (non-hydrogen) atoms. The first-order chi connectivity index (χ1) is 16.2. The summed E-state index contributed by atoms with van der Waals surface area (Å²) in [5.74, 6) is 4.87. The van der Waals surface area contributed by atoms with Gasteiger partial charge in [0.2, 0.25) is 5.91 Å². The fraction of sp³-hybridized carbons (Fsp3) is 0.292. The summed E-state index contributed by atoms with van der Waals surface area (Å²) in [5.41, 5.74) is 3.06. The molecule has 3 aromatic rings. The molecule has 0 atom stereocenters. The van der Waals surface area contributed by atoms with Crippen molar-refractivity contribution in [1.82, 2.24) is 20.2 Å². The van der Waals surface area contributed by atoms with Crippen LogP contribution in [-0.2, 0) is 33.8 Å². The lowest BCUT2D eigenvalue weighted by Crippen LogP contribution is -2.26. The van der Waals surface area contributed by atoms with Gasteiger partial charge in [0, 0.05) is 43.3 Å². The van der Waals surface area contributed by atoms with Gasteiger partial charge in [-0.2, -0.15) is 5.90 Å². The van der Waals surface area contributed by atoms with E-state index >= 15 is 0 Å². The number of hydrogen-bond donors (Lipinski definition) is 2. The second-order valence-electron chi connectivity index (χ2n) is 7.48. The number of nitrogens with two attached hydrogens (primary N) is 1. The van der Waals surface area contributed by atoms with Gasteiger partial charge in [-0.3, -0.25) is 19.7 Å². The molecule has 0 bridgehead atoms. The molecule has 3 N–H and O–H groups in total. The number of hydrogen-bond acceptors (Lipinski definition) is 8. The SMILES string of the molecule is NOOSc1ccc(CNC(=O)CCCCN(Cc2ccccn2)Cc2ccccn2)cc1. The van der Waals surface area contributed by atoms with E-state index in [1.54, 1.807) is 0 Å². The summed E-state index contributed by atoms with van der Waals surface area (Å²) in [6, 6.07) is 19.5. The molecule has 0 spiro atoms. The first-order valence-electron chi connectivity index (χ1n) is 10.8. The topological polar surface area (TPSA) is 103 Å². The average Bonchev–Trinajstić information content (AvgIpc) is 2.86. The zero-order valence-corrected chi connectivity index (χ0v) is 19.2. The van der Waals surface area contributed by atoms with Crippen LogP contribution in [0.3, 0.4) is 0 Å². The summed E-state index contributed by atoms with van der Waals surface area (Å²) >= 11 is 1.02. The molecule has 0 aliphatic heterocycles. The van der Waals surface area contributed by atoms with Gasteiger partial charge in [0.15, 0.2) is 0 Å². The number of unbranched alkanes of at least 4 members (excludes halogenated alkanes) is 1. The molecule has 9 heteroatoms. The van der Waals surface area contributed by atoms with Crippen molar-refractivity contribution in [2.24, 2.45) is 5.90 Å². The van der Waals surface area contributed by atoms with E-state index in [1.165, 1.54) is 0 Å². The van der Waals surface area contributed by atoms with Gasteiger partial charge in [-0.25, -0.2) is 0 Å². The van der Waals surface area contributed by atoms with Gasteiger partial charge in [-0.15, -0.1) is 9.32 Å². The Morgan fingerprint density at radius 3 is 2.18 bits per heavy atom. The van der Waals surface area contributed by atoms with Crippen molar-refractivity contribution in [2.45, 2.75) is 43.8 Å². The van der Waals surface area contributed by atoms with E-state index in [9.17, 15) is 4.79 Å². The molecular weight excluding hydrogens is 438 g/mol. The van der Waals surface area contributed by atoms with Crippen LogP contribution in [-0.4, -0.2) is 27.3 Å². The predicted molar refractivity (Wildman–Crippen MR) is 127 cm³/mol. The van der Waals surface area contributed by atoms with Crippen LogP contribution in [0.4, 0.5) is 0 Å². The van der Waals surface area contributed by atoms with Crippen LogP contribution in [0, 0.1) is 0 Å². The highest BCUT2D eigenvalue weighted by Crippen LogP contribution is 2.19. The van der Waals surface area contributed by atoms with Crippen molar-refractivity contribution in [2.75, 3.05) is 6.54 Å². The third-order valence-electron chi connectivity index (χ3n) is 4.93. The second-order valence-corrected chi connectivity index (χ2v) is 8.25. The van der Waals surface area contributed by atoms with Crippen LogP contribution >= 0.6 is 12.0 Å². The highest BCUT2D eigenvalue weighted by atomic mass is 32.2. The van der Waals surface area contributed by atoms with Crippen molar-refractivity contribution in [3.05, 3.63) is 90.0 Å². The molecule has 0 fully saturated rings. The summed E-state index contributed by atoms with van der Waals surface area (Å²) in [6.45, 7) is 2.86. The molecule has 0 aliphatic rings. The third-order valence-corrected chi connectivity index (χ3v) is 5.55. The lowest BCUT2D eigenvalue weighted by Gasteiger charge is -2.21. The maximum atomic E-state index is 12.3. The van der Waals surface area contributed by atoms with E-state index in [0.717, 1.165) is 66.4 Å². The Labute approximate surface area is 198 Å². The number of nitrogens with one attached hydrogen (secondary N) is 1. The van der Waals surface area contributed by atoms with E-state index in [-0.39, 0.29) is 5.91 Å². The second kappa shape index (κ2) is 14.4. The monoisotopic (exact) mass is 467 g/mol. The fourth-order valence-corrected chi connectivity index (χ4v) is 3.65. The van der Waals surface area contributed by atoms with Gasteiger partial charge in [0.25, 0.3) is 0 Å². The molecule has 2 aromatic heterocycles. The molecule has 1 aromatic carbocycles. The minimum atomic E-state index is 0.0503. The largest absolute Gasteiger partial charge is 0.352 e. The van der Waals surface area contributed by atoms with Gasteiger partial charge < -0.3 is 5.32 Å². The molecule has 0 saturated carbocycles. The summed E-state index contributed by atoms with van der Waals surface area (Å²) in [7, 11) is 0. The molecule has 2 heterocycles. The Morgan fingerprint density at radius 1 is 0.939 bits per heavy atom. The number of amides is 1. The molecule has 8 nitrogen and oxygen atoms in total. The first-order valence-corrected chi connectivity index (χ1v) is 11.5. The van der Waals surface area contributed by atoms with Crippen LogP contribution < -0.4 is 11.2 Å². The van der Waals surface area contributed by atoms with Crippen LogP contribution in [0.5, 0.6) is 0 Å². The fourth-order valence-electron chi connectivity index (χ4n) is 3.29. The van der Waals surface area contributed by atoms with Crippen molar-refractivity contribution in [3.8, 4) is 0 Å². The van der Waals surface area contributed by atoms with Gasteiger partial charge in [0.1, 0.15) is 0 Å². The highest BCUT2D eigenvalue weighted by molar-refractivity contribution is 7.94. The minimum Gasteiger partial charge on any atom is -0.352 e. The molecule has 1 amide bonds. The zero-order chi connectivity index (χ0) is 23.1. The van der Waals surface area contributed by atoms with Gasteiger partial charge in [0.05, 0.1) is 23.4 Å². The number of carbonyl (C=O) groups excluding carboxylic acids is 1. The molecule has 0 radical (unpaired) electrons. The van der Waals surface area contributed by atoms with Crippen LogP contribution in [0.25, 0.3) is 0 Å². The molecule has 0 unspecified atom stereocenters. The van der Waals surface area contributed by atoms with E-state index in [0.29, 0.717) is 13.0 Å². The average molecular weight is 468 g/mol. The number of nitrogens with zero attached hydrogens (tertiary/aromatic N) is 3. The van der Waals surface area contributed by atoms with E-state index in [4.69, 9.17) is 5.90 Å². The summed E-state index contributed by atoms with van der Waals surface area (Å²) in [5, 5.41) is 2.97. The van der Waals surface area contributed by atoms with E-state index in [1.807, 2.05) is 73.1 Å². The highest BCUT2D eigenvalue weighted by Gasteiger charge is 2.10. The summed E-state index contributed by atoms with van der Waals surface area (Å²) < 4.78 is 4.61. The summed E-state index contributed by atoms with van der Waals surface area (Å²) in [6.07, 6.45) is 5.86. The van der Waals surface area contributed by atoms with E-state index in [2.05, 4.69) is 29.5 Å². The van der Waals surface area contributed by atoms with Gasteiger partial charge in [-0.05, 0) is 61.3 Å². The van der Waals surface area contributed by atoms with Crippen molar-refractivity contribution in [3.63, 3.8) is 0 Å². The Balaban J connectivity index is 1.39. The number of benzene rings is 1. The molecule has 0 aliphatic carbocycles. The normalized spacial score (nSPS) is 11.0. The summed E-state index contributed by atoms with van der Waals surface area (Å²) in [4.78, 5) is 28.4. The maximum Gasteiger partial charge on any atom is 0.220 e. The lowest BCUT2D eigenvalue weighted by atomic mass is 10.2. The molecule has 3 rings (SSSR count). The van der Waals surface area contributed by atoms with Crippen molar-refractivity contribution < 1.29 is 14.1 Å². The molecule has 174 valence electrons. The number of rotatable bonds is 14. The zero-order valence-electron chi connectivity index (χ0n) is 18.4. The van der Waals surface area contributed by atoms with Crippen molar-refractivity contribution >= 4 is 17.9 Å². The number of aromatic nitrogens is 2. The third kappa shape index (κ3) is 9.68. The minimum absolute atomic E-state index is 0.0503. The molecule has 0 saturated heterocycles. The molecular formula is C24H29N5O3S.